The van der Waals surface area contributed by atoms with E-state index in [4.69, 9.17) is 20.8 Å². The Labute approximate surface area is 200 Å². The van der Waals surface area contributed by atoms with E-state index >= 15 is 0 Å². The van der Waals surface area contributed by atoms with Crippen molar-refractivity contribution in [3.63, 3.8) is 0 Å². The monoisotopic (exact) mass is 548 g/mol. The van der Waals surface area contributed by atoms with Gasteiger partial charge in [-0.3, -0.25) is 9.79 Å². The van der Waals surface area contributed by atoms with Crippen LogP contribution in [0.3, 0.4) is 0 Å². The molecule has 2 aromatic rings. The standard InChI is InChI=1S/C21H29ClN4O3.HI/c1-4-23-21(26-12-8-16-6-7-17(28-3)14-18(16)22)25-11-5-10-24-20(27)19-15(2)9-13-29-19;/h6-7,9,13-14H,4-5,8,10-12H2,1-3H3,(H,24,27)(H2,23,25,26);1H. The molecule has 0 radical (unpaired) electrons. The van der Waals surface area contributed by atoms with Crippen LogP contribution in [0.15, 0.2) is 39.9 Å². The lowest BCUT2D eigenvalue weighted by Crippen LogP contribution is -2.38. The van der Waals surface area contributed by atoms with Gasteiger partial charge in [0.15, 0.2) is 11.7 Å². The molecule has 1 amide bonds. The van der Waals surface area contributed by atoms with Crippen LogP contribution in [0.25, 0.3) is 0 Å². The zero-order valence-electron chi connectivity index (χ0n) is 17.6. The number of aliphatic imine (C=N–C) groups is 1. The lowest BCUT2D eigenvalue weighted by Gasteiger charge is -2.12. The number of hydrogen-bond donors (Lipinski definition) is 3. The number of rotatable bonds is 10. The fourth-order valence-corrected chi connectivity index (χ4v) is 2.94. The third-order valence-electron chi connectivity index (χ3n) is 4.25. The fourth-order valence-electron chi connectivity index (χ4n) is 2.67. The molecule has 1 aromatic carbocycles. The molecule has 0 atom stereocenters. The smallest absolute Gasteiger partial charge is 0.287 e. The molecule has 0 aliphatic carbocycles. The SMILES string of the molecule is CCNC(=NCCCNC(=O)c1occc1C)NCCc1ccc(OC)cc1Cl.I. The Morgan fingerprint density at radius 2 is 2.00 bits per heavy atom. The molecule has 0 unspecified atom stereocenters. The van der Waals surface area contributed by atoms with Gasteiger partial charge in [-0.15, -0.1) is 24.0 Å². The van der Waals surface area contributed by atoms with Crippen molar-refractivity contribution in [1.29, 1.82) is 0 Å². The summed E-state index contributed by atoms with van der Waals surface area (Å²) in [6.07, 6.45) is 3.01. The molecular formula is C21H30ClIN4O3. The lowest BCUT2D eigenvalue weighted by molar-refractivity contribution is 0.0925. The molecule has 2 rings (SSSR count). The summed E-state index contributed by atoms with van der Waals surface area (Å²) in [7, 11) is 1.62. The molecule has 0 spiro atoms. The summed E-state index contributed by atoms with van der Waals surface area (Å²) in [6.45, 7) is 6.45. The molecule has 166 valence electrons. The molecule has 0 bridgehead atoms. The van der Waals surface area contributed by atoms with Gasteiger partial charge in [0.2, 0.25) is 0 Å². The van der Waals surface area contributed by atoms with Gasteiger partial charge in [-0.25, -0.2) is 0 Å². The van der Waals surface area contributed by atoms with Crippen molar-refractivity contribution in [2.75, 3.05) is 33.3 Å². The summed E-state index contributed by atoms with van der Waals surface area (Å²) < 4.78 is 10.3. The number of aryl methyl sites for hydroxylation is 1. The number of methoxy groups -OCH3 is 1. The minimum absolute atomic E-state index is 0. The van der Waals surface area contributed by atoms with Crippen LogP contribution < -0.4 is 20.7 Å². The summed E-state index contributed by atoms with van der Waals surface area (Å²) in [5.74, 6) is 1.65. The number of furan rings is 1. The van der Waals surface area contributed by atoms with Gasteiger partial charge in [-0.05, 0) is 50.5 Å². The van der Waals surface area contributed by atoms with Crippen molar-refractivity contribution in [2.45, 2.75) is 26.7 Å². The topological polar surface area (TPSA) is 87.9 Å². The highest BCUT2D eigenvalue weighted by molar-refractivity contribution is 14.0. The van der Waals surface area contributed by atoms with Crippen molar-refractivity contribution in [2.24, 2.45) is 4.99 Å². The molecule has 3 N–H and O–H groups in total. The predicted octanol–water partition coefficient (Wildman–Crippen LogP) is 3.79. The highest BCUT2D eigenvalue weighted by Gasteiger charge is 2.11. The molecule has 9 heteroatoms. The summed E-state index contributed by atoms with van der Waals surface area (Å²) in [5, 5.41) is 10.1. The van der Waals surface area contributed by atoms with E-state index in [1.165, 1.54) is 6.26 Å². The Bertz CT molecular complexity index is 826. The largest absolute Gasteiger partial charge is 0.497 e. The molecular weight excluding hydrogens is 519 g/mol. The second-order valence-electron chi connectivity index (χ2n) is 6.44. The second kappa shape index (κ2) is 14.1. The molecule has 7 nitrogen and oxygen atoms in total. The van der Waals surface area contributed by atoms with Gasteiger partial charge in [0, 0.05) is 36.8 Å². The lowest BCUT2D eigenvalue weighted by atomic mass is 10.1. The Hall–Kier alpha value is -1.94. The number of ether oxygens (including phenoxy) is 1. The van der Waals surface area contributed by atoms with Gasteiger partial charge in [0.1, 0.15) is 5.75 Å². The van der Waals surface area contributed by atoms with Crippen molar-refractivity contribution >= 4 is 47.4 Å². The number of nitrogens with one attached hydrogen (secondary N) is 3. The van der Waals surface area contributed by atoms with Crippen LogP contribution in [-0.2, 0) is 6.42 Å². The zero-order valence-corrected chi connectivity index (χ0v) is 20.7. The molecule has 0 saturated heterocycles. The molecule has 0 aliphatic heterocycles. The number of guanidine groups is 1. The highest BCUT2D eigenvalue weighted by Crippen LogP contribution is 2.22. The Balaban J connectivity index is 0.00000450. The van der Waals surface area contributed by atoms with E-state index in [1.54, 1.807) is 13.2 Å². The van der Waals surface area contributed by atoms with Crippen molar-refractivity contribution < 1.29 is 13.9 Å². The molecule has 30 heavy (non-hydrogen) atoms. The Kier molecular flexibility index (Phi) is 12.3. The quantitative estimate of drug-likeness (QED) is 0.182. The van der Waals surface area contributed by atoms with E-state index in [0.717, 1.165) is 42.2 Å². The maximum Gasteiger partial charge on any atom is 0.287 e. The highest BCUT2D eigenvalue weighted by atomic mass is 127. The maximum absolute atomic E-state index is 12.0. The van der Waals surface area contributed by atoms with E-state index in [-0.39, 0.29) is 29.9 Å². The van der Waals surface area contributed by atoms with Crippen molar-refractivity contribution in [3.05, 3.63) is 52.4 Å². The first-order valence-corrected chi connectivity index (χ1v) is 10.1. The van der Waals surface area contributed by atoms with Crippen molar-refractivity contribution in [3.8, 4) is 5.75 Å². The van der Waals surface area contributed by atoms with E-state index in [0.29, 0.717) is 30.4 Å². The van der Waals surface area contributed by atoms with Crippen LogP contribution >= 0.6 is 35.6 Å². The van der Waals surface area contributed by atoms with Gasteiger partial charge < -0.3 is 25.1 Å². The number of benzene rings is 1. The normalized spacial score (nSPS) is 10.9. The van der Waals surface area contributed by atoms with Crippen LogP contribution in [0.2, 0.25) is 5.02 Å². The van der Waals surface area contributed by atoms with Crippen molar-refractivity contribution in [1.82, 2.24) is 16.0 Å². The number of amides is 1. The number of carbonyl (C=O) groups is 1. The van der Waals surface area contributed by atoms with Crippen LogP contribution in [0.4, 0.5) is 0 Å². The average Bonchev–Trinajstić information content (AvgIpc) is 3.14. The number of carbonyl (C=O) groups excluding carboxylic acids is 1. The van der Waals surface area contributed by atoms with Crippen LogP contribution in [-0.4, -0.2) is 45.2 Å². The first-order chi connectivity index (χ1) is 14.0. The molecule has 1 heterocycles. The summed E-state index contributed by atoms with van der Waals surface area (Å²) in [4.78, 5) is 16.5. The first kappa shape index (κ1) is 26.1. The Morgan fingerprint density at radius 1 is 1.20 bits per heavy atom. The maximum atomic E-state index is 12.0. The fraction of sp³-hybridized carbons (Fsp3) is 0.429. The zero-order chi connectivity index (χ0) is 21.1. The number of nitrogens with zero attached hydrogens (tertiary/aromatic N) is 1. The second-order valence-corrected chi connectivity index (χ2v) is 6.84. The summed E-state index contributed by atoms with van der Waals surface area (Å²) >= 11 is 6.28. The Morgan fingerprint density at radius 3 is 2.63 bits per heavy atom. The number of halogens is 2. The van der Waals surface area contributed by atoms with Gasteiger partial charge in [0.05, 0.1) is 13.4 Å². The van der Waals surface area contributed by atoms with E-state index < -0.39 is 0 Å². The predicted molar refractivity (Wildman–Crippen MR) is 131 cm³/mol. The first-order valence-electron chi connectivity index (χ1n) is 9.72. The van der Waals surface area contributed by atoms with Crippen LogP contribution in [0, 0.1) is 6.92 Å². The minimum Gasteiger partial charge on any atom is -0.497 e. The van der Waals surface area contributed by atoms with Crippen LogP contribution in [0.5, 0.6) is 5.75 Å². The molecule has 1 aromatic heterocycles. The van der Waals surface area contributed by atoms with E-state index in [2.05, 4.69) is 20.9 Å². The van der Waals surface area contributed by atoms with E-state index in [1.807, 2.05) is 32.0 Å². The van der Waals surface area contributed by atoms with Gasteiger partial charge in [-0.1, -0.05) is 17.7 Å². The summed E-state index contributed by atoms with van der Waals surface area (Å²) in [6, 6.07) is 7.46. The van der Waals surface area contributed by atoms with Crippen LogP contribution in [0.1, 0.15) is 35.0 Å². The van der Waals surface area contributed by atoms with Gasteiger partial charge in [-0.2, -0.15) is 0 Å². The van der Waals surface area contributed by atoms with Gasteiger partial charge >= 0.3 is 0 Å². The molecule has 0 aliphatic rings. The number of hydrogen-bond acceptors (Lipinski definition) is 4. The summed E-state index contributed by atoms with van der Waals surface area (Å²) in [5.41, 5.74) is 1.88. The minimum atomic E-state index is -0.196. The molecule has 0 fully saturated rings. The van der Waals surface area contributed by atoms with E-state index in [9.17, 15) is 4.79 Å². The third-order valence-corrected chi connectivity index (χ3v) is 4.60. The third kappa shape index (κ3) is 8.43. The molecule has 0 saturated carbocycles. The van der Waals surface area contributed by atoms with Gasteiger partial charge in [0.25, 0.3) is 5.91 Å². The average molecular weight is 549 g/mol.